The third-order valence-corrected chi connectivity index (χ3v) is 3.71. The van der Waals surface area contributed by atoms with Gasteiger partial charge in [0.05, 0.1) is 13.2 Å². The highest BCUT2D eigenvalue weighted by Crippen LogP contribution is 2.27. The van der Waals surface area contributed by atoms with Crippen molar-refractivity contribution < 1.29 is 42.1 Å². The van der Waals surface area contributed by atoms with E-state index in [0.717, 1.165) is 25.1 Å². The van der Waals surface area contributed by atoms with Crippen LogP contribution in [0, 0.1) is 11.3 Å². The molecule has 0 aliphatic rings. The summed E-state index contributed by atoms with van der Waals surface area (Å²) in [5.41, 5.74) is 12.7. The first-order valence-electron chi connectivity index (χ1n) is 10.5. The molecule has 0 rings (SSSR count). The fourth-order valence-corrected chi connectivity index (χ4v) is 2.24. The standard InChI is InChI=1S/C9H22N2.C7H14O4.C6H10O4.2H2/c1-8(7-11)6-9(2,3)4-5-10;1-7(2)5-10-6-9-3-4-11-8;1-5(2)6(7)9-3-4-10-8;;/h8H,4-7,10-11H2,1-3H3;8H,1,3-6H2,2H3;8H,1,3-4H2,2H3;2*1H. The van der Waals surface area contributed by atoms with E-state index in [1.807, 2.05) is 6.92 Å². The summed E-state index contributed by atoms with van der Waals surface area (Å²) in [4.78, 5) is 18.0. The first-order chi connectivity index (χ1) is 15.0. The lowest BCUT2D eigenvalue weighted by Gasteiger charge is -2.26. The highest BCUT2D eigenvalue weighted by Gasteiger charge is 2.19. The molecular formula is C22H50N2O8. The number of carbonyl (C=O) groups is 1. The molecular weight excluding hydrogens is 420 g/mol. The molecule has 0 fully saturated rings. The Morgan fingerprint density at radius 2 is 1.59 bits per heavy atom. The Kier molecular flexibility index (Phi) is 26.7. The molecule has 0 aromatic carbocycles. The topological polar surface area (TPSA) is 156 Å². The van der Waals surface area contributed by atoms with Gasteiger partial charge in [-0.25, -0.2) is 14.6 Å². The lowest BCUT2D eigenvalue weighted by Crippen LogP contribution is -2.23. The summed E-state index contributed by atoms with van der Waals surface area (Å²) in [6.07, 6.45) is 2.28. The molecule has 0 radical (unpaired) electrons. The minimum Gasteiger partial charge on any atom is -0.460 e. The van der Waals surface area contributed by atoms with Crippen molar-refractivity contribution >= 4 is 5.97 Å². The van der Waals surface area contributed by atoms with Crippen molar-refractivity contribution in [3.05, 3.63) is 24.3 Å². The van der Waals surface area contributed by atoms with Gasteiger partial charge in [0.25, 0.3) is 0 Å². The van der Waals surface area contributed by atoms with Crippen LogP contribution in [-0.4, -0.2) is 69.4 Å². The van der Waals surface area contributed by atoms with Crippen LogP contribution in [0.2, 0.25) is 0 Å². The summed E-state index contributed by atoms with van der Waals surface area (Å²) in [5, 5.41) is 15.7. The second-order valence-electron chi connectivity index (χ2n) is 8.16. The predicted molar refractivity (Wildman–Crippen MR) is 129 cm³/mol. The van der Waals surface area contributed by atoms with Crippen molar-refractivity contribution in [2.24, 2.45) is 22.8 Å². The van der Waals surface area contributed by atoms with Crippen LogP contribution >= 0.6 is 0 Å². The molecule has 0 saturated heterocycles. The molecule has 10 nitrogen and oxygen atoms in total. The molecule has 10 heteroatoms. The van der Waals surface area contributed by atoms with Gasteiger partial charge in [0, 0.05) is 8.43 Å². The molecule has 0 spiro atoms. The van der Waals surface area contributed by atoms with E-state index in [4.69, 9.17) is 31.5 Å². The van der Waals surface area contributed by atoms with Crippen LogP contribution in [0.3, 0.4) is 0 Å². The SMILES string of the molecule is C=C(C)C(=O)OCCOO.C=C(C)COCOCCOO.CC(CN)CC(C)(C)CCN.[HH].[HH]. The molecule has 0 heterocycles. The smallest absolute Gasteiger partial charge is 0.333 e. The molecule has 0 amide bonds. The fourth-order valence-electron chi connectivity index (χ4n) is 2.24. The van der Waals surface area contributed by atoms with Gasteiger partial charge in [-0.2, -0.15) is 0 Å². The number of hydrogen-bond acceptors (Lipinski definition) is 10. The average molecular weight is 471 g/mol. The fraction of sp³-hybridized carbons (Fsp3) is 0.773. The maximum atomic E-state index is 10.6. The monoisotopic (exact) mass is 470 g/mol. The number of ether oxygens (including phenoxy) is 3. The molecule has 6 N–H and O–H groups in total. The molecule has 0 aliphatic carbocycles. The van der Waals surface area contributed by atoms with Crippen LogP contribution in [0.5, 0.6) is 0 Å². The summed E-state index contributed by atoms with van der Waals surface area (Å²) < 4.78 is 14.4. The van der Waals surface area contributed by atoms with Gasteiger partial charge in [-0.05, 0) is 51.1 Å². The lowest BCUT2D eigenvalue weighted by molar-refractivity contribution is -0.252. The van der Waals surface area contributed by atoms with Gasteiger partial charge >= 0.3 is 5.97 Å². The summed E-state index contributed by atoms with van der Waals surface area (Å²) in [6.45, 7) is 19.9. The minimum absolute atomic E-state index is 0. The molecule has 1 atom stereocenters. The summed E-state index contributed by atoms with van der Waals surface area (Å²) in [7, 11) is 0. The molecule has 0 aliphatic heterocycles. The van der Waals surface area contributed by atoms with Gasteiger partial charge in [-0.1, -0.05) is 39.5 Å². The van der Waals surface area contributed by atoms with Gasteiger partial charge in [-0.3, -0.25) is 10.5 Å². The zero-order valence-electron chi connectivity index (χ0n) is 20.6. The van der Waals surface area contributed by atoms with Crippen LogP contribution in [0.25, 0.3) is 0 Å². The van der Waals surface area contributed by atoms with Gasteiger partial charge in [0.15, 0.2) is 0 Å². The zero-order valence-corrected chi connectivity index (χ0v) is 20.6. The summed E-state index contributed by atoms with van der Waals surface area (Å²) in [6, 6.07) is 0. The predicted octanol–water partition coefficient (Wildman–Crippen LogP) is 3.48. The Morgan fingerprint density at radius 1 is 1.03 bits per heavy atom. The summed E-state index contributed by atoms with van der Waals surface area (Å²) >= 11 is 0. The van der Waals surface area contributed by atoms with E-state index >= 15 is 0 Å². The number of rotatable bonds is 16. The average Bonchev–Trinajstić information content (AvgIpc) is 2.71. The van der Waals surface area contributed by atoms with E-state index < -0.39 is 5.97 Å². The van der Waals surface area contributed by atoms with Gasteiger partial charge in [0.2, 0.25) is 0 Å². The van der Waals surface area contributed by atoms with E-state index in [0.29, 0.717) is 30.1 Å². The van der Waals surface area contributed by atoms with E-state index in [9.17, 15) is 4.79 Å². The van der Waals surface area contributed by atoms with E-state index in [2.05, 4.69) is 48.4 Å². The quantitative estimate of drug-likeness (QED) is 0.0501. The second-order valence-corrected chi connectivity index (χ2v) is 8.16. The normalized spacial score (nSPS) is 11.4. The molecule has 0 aromatic rings. The number of nitrogens with two attached hydrogens (primary N) is 2. The van der Waals surface area contributed by atoms with E-state index in [1.165, 1.54) is 6.42 Å². The van der Waals surface area contributed by atoms with Crippen LogP contribution in [-0.2, 0) is 28.8 Å². The summed E-state index contributed by atoms with van der Waals surface area (Å²) in [5.74, 6) is 0.147. The van der Waals surface area contributed by atoms with Gasteiger partial charge in [0.1, 0.15) is 26.6 Å². The maximum Gasteiger partial charge on any atom is 0.333 e. The third-order valence-electron chi connectivity index (χ3n) is 3.71. The Labute approximate surface area is 196 Å². The van der Waals surface area contributed by atoms with Gasteiger partial charge < -0.3 is 25.7 Å². The Hall–Kier alpha value is -1.37. The van der Waals surface area contributed by atoms with Crippen molar-refractivity contribution in [3.63, 3.8) is 0 Å². The molecule has 1 unspecified atom stereocenters. The minimum atomic E-state index is -0.475. The van der Waals surface area contributed by atoms with Crippen molar-refractivity contribution in [1.82, 2.24) is 0 Å². The number of hydrogen-bond donors (Lipinski definition) is 4. The highest BCUT2D eigenvalue weighted by atomic mass is 17.1. The lowest BCUT2D eigenvalue weighted by atomic mass is 9.81. The molecule has 0 aromatic heterocycles. The highest BCUT2D eigenvalue weighted by molar-refractivity contribution is 5.86. The number of esters is 1. The third kappa shape index (κ3) is 30.8. The largest absolute Gasteiger partial charge is 0.460 e. The van der Waals surface area contributed by atoms with Crippen molar-refractivity contribution in [3.8, 4) is 0 Å². The Morgan fingerprint density at radius 3 is 2.03 bits per heavy atom. The van der Waals surface area contributed by atoms with Crippen LogP contribution in [0.4, 0.5) is 0 Å². The second kappa shape index (κ2) is 24.3. The van der Waals surface area contributed by atoms with Gasteiger partial charge in [-0.15, -0.1) is 0 Å². The van der Waals surface area contributed by atoms with Crippen molar-refractivity contribution in [2.75, 3.05) is 52.9 Å². The maximum absolute atomic E-state index is 10.6. The Balaban J connectivity index is -0.000000120. The molecule has 196 valence electrons. The van der Waals surface area contributed by atoms with E-state index in [1.54, 1.807) is 6.92 Å². The van der Waals surface area contributed by atoms with Crippen LogP contribution in [0.1, 0.15) is 50.3 Å². The molecule has 32 heavy (non-hydrogen) atoms. The van der Waals surface area contributed by atoms with Crippen LogP contribution in [0.15, 0.2) is 24.3 Å². The first-order valence-corrected chi connectivity index (χ1v) is 10.5. The zero-order chi connectivity index (χ0) is 25.4. The van der Waals surface area contributed by atoms with Crippen LogP contribution < -0.4 is 11.5 Å². The molecule has 0 bridgehead atoms. The van der Waals surface area contributed by atoms with Crippen molar-refractivity contribution in [1.29, 1.82) is 0 Å². The number of carbonyl (C=O) groups excluding carboxylic acids is 1. The molecule has 0 saturated carbocycles. The first kappa shape index (κ1) is 35.2. The van der Waals surface area contributed by atoms with E-state index in [-0.39, 0.29) is 29.5 Å². The Bertz CT molecular complexity index is 484. The van der Waals surface area contributed by atoms with Crippen molar-refractivity contribution in [2.45, 2.75) is 47.5 Å².